The number of fused-ring (bicyclic) bond motifs is 2. The summed E-state index contributed by atoms with van der Waals surface area (Å²) in [5, 5.41) is 5.04. The zero-order valence-corrected chi connectivity index (χ0v) is 35.3. The smallest absolute Gasteiger partial charge is 0.0463 e. The summed E-state index contributed by atoms with van der Waals surface area (Å²) in [4.78, 5) is 4.62. The van der Waals surface area contributed by atoms with Crippen molar-refractivity contribution in [2.75, 3.05) is 9.80 Å². The lowest BCUT2D eigenvalue weighted by Crippen LogP contribution is -2.12. The molecule has 11 rings (SSSR count). The van der Waals surface area contributed by atoms with Crippen LogP contribution < -0.4 is 9.80 Å². The Morgan fingerprint density at radius 1 is 0.172 bits per heavy atom. The summed E-state index contributed by atoms with van der Waals surface area (Å²) >= 11 is 0. The molecule has 11 aromatic carbocycles. The lowest BCUT2D eigenvalue weighted by Gasteiger charge is -2.28. The monoisotopic (exact) mass is 816 g/mol. The van der Waals surface area contributed by atoms with Gasteiger partial charge in [0.15, 0.2) is 0 Å². The predicted molar refractivity (Wildman–Crippen MR) is 273 cm³/mol. The van der Waals surface area contributed by atoms with E-state index in [1.54, 1.807) is 0 Å². The van der Waals surface area contributed by atoms with Gasteiger partial charge in [-0.05, 0) is 145 Å². The third-order valence-corrected chi connectivity index (χ3v) is 12.2. The molecule has 0 N–H and O–H groups in total. The summed E-state index contributed by atoms with van der Waals surface area (Å²) in [6.45, 7) is 0. The molecule has 0 bridgehead atoms. The normalized spacial score (nSPS) is 11.1. The van der Waals surface area contributed by atoms with E-state index < -0.39 is 0 Å². The van der Waals surface area contributed by atoms with E-state index in [1.165, 1.54) is 66.1 Å². The molecule has 302 valence electrons. The highest BCUT2D eigenvalue weighted by Gasteiger charge is 2.19. The molecule has 2 nitrogen and oxygen atoms in total. The Bertz CT molecular complexity index is 3280. The number of benzene rings is 11. The van der Waals surface area contributed by atoms with E-state index in [-0.39, 0.29) is 0 Å². The maximum Gasteiger partial charge on any atom is 0.0463 e. The van der Waals surface area contributed by atoms with Gasteiger partial charge in [-0.1, -0.05) is 188 Å². The Balaban J connectivity index is 0.925. The Labute approximate surface area is 375 Å². The lowest BCUT2D eigenvalue weighted by molar-refractivity contribution is 1.26. The summed E-state index contributed by atoms with van der Waals surface area (Å²) in [5.74, 6) is 0. The first kappa shape index (κ1) is 38.5. The predicted octanol–water partition coefficient (Wildman–Crippen LogP) is 17.6. The first-order valence-corrected chi connectivity index (χ1v) is 21.9. The van der Waals surface area contributed by atoms with Gasteiger partial charge in [0.25, 0.3) is 0 Å². The molecule has 2 heteroatoms. The molecule has 0 fully saturated rings. The van der Waals surface area contributed by atoms with Gasteiger partial charge in [-0.25, -0.2) is 0 Å². The number of nitrogens with zero attached hydrogens (tertiary/aromatic N) is 2. The van der Waals surface area contributed by atoms with Gasteiger partial charge in [0, 0.05) is 34.1 Å². The molecule has 0 atom stereocenters. The first-order chi connectivity index (χ1) is 31.8. The van der Waals surface area contributed by atoms with Crippen molar-refractivity contribution in [3.63, 3.8) is 0 Å². The zero-order chi connectivity index (χ0) is 42.7. The van der Waals surface area contributed by atoms with Crippen LogP contribution in [0.2, 0.25) is 0 Å². The van der Waals surface area contributed by atoms with E-state index in [0.29, 0.717) is 0 Å². The number of anilines is 6. The molecular weight excluding hydrogens is 773 g/mol. The minimum absolute atomic E-state index is 1.09. The molecule has 64 heavy (non-hydrogen) atoms. The highest BCUT2D eigenvalue weighted by atomic mass is 15.2. The van der Waals surface area contributed by atoms with Crippen molar-refractivity contribution in [2.24, 2.45) is 0 Å². The van der Waals surface area contributed by atoms with Crippen LogP contribution in [0.4, 0.5) is 34.1 Å². The van der Waals surface area contributed by atoms with Crippen LogP contribution in [0.25, 0.3) is 66.1 Å². The van der Waals surface area contributed by atoms with Crippen molar-refractivity contribution < 1.29 is 0 Å². The molecule has 0 saturated heterocycles. The van der Waals surface area contributed by atoms with E-state index in [1.807, 2.05) is 0 Å². The highest BCUT2D eigenvalue weighted by Crippen LogP contribution is 2.45. The van der Waals surface area contributed by atoms with E-state index in [4.69, 9.17) is 0 Å². The summed E-state index contributed by atoms with van der Waals surface area (Å²) in [5.41, 5.74) is 16.3. The Morgan fingerprint density at radius 2 is 0.438 bits per heavy atom. The second-order valence-corrected chi connectivity index (χ2v) is 16.1. The minimum atomic E-state index is 1.09. The summed E-state index contributed by atoms with van der Waals surface area (Å²) in [6, 6.07) is 96.0. The van der Waals surface area contributed by atoms with Crippen molar-refractivity contribution in [3.8, 4) is 44.5 Å². The van der Waals surface area contributed by atoms with Gasteiger partial charge in [0.05, 0.1) is 0 Å². The molecule has 0 saturated carbocycles. The van der Waals surface area contributed by atoms with Gasteiger partial charge in [0.1, 0.15) is 0 Å². The summed E-state index contributed by atoms with van der Waals surface area (Å²) in [7, 11) is 0. The zero-order valence-electron chi connectivity index (χ0n) is 35.3. The highest BCUT2D eigenvalue weighted by molar-refractivity contribution is 6.22. The van der Waals surface area contributed by atoms with Gasteiger partial charge < -0.3 is 9.80 Å². The Hall–Kier alpha value is -8.46. The molecule has 0 aliphatic carbocycles. The van der Waals surface area contributed by atoms with E-state index in [2.05, 4.69) is 277 Å². The van der Waals surface area contributed by atoms with Crippen LogP contribution in [0.15, 0.2) is 267 Å². The Kier molecular flexibility index (Phi) is 10.3. The number of hydrogen-bond acceptors (Lipinski definition) is 2. The van der Waals surface area contributed by atoms with Crippen LogP contribution in [0, 0.1) is 0 Å². The van der Waals surface area contributed by atoms with E-state index >= 15 is 0 Å². The maximum absolute atomic E-state index is 2.39. The SMILES string of the molecule is c1ccc(-c2c3ccccc3c(-c3ccccc3)c3cc(-c4ccc(-c5ccc(N(c6ccccc6)c6ccc(N(c7ccccc7)c7ccccc7)cc6)cc5)cc4)ccc23)cc1. The molecule has 0 spiro atoms. The van der Waals surface area contributed by atoms with Gasteiger partial charge in [-0.15, -0.1) is 0 Å². The molecule has 0 aliphatic rings. The Morgan fingerprint density at radius 3 is 0.844 bits per heavy atom. The summed E-state index contributed by atoms with van der Waals surface area (Å²) in [6.07, 6.45) is 0. The largest absolute Gasteiger partial charge is 0.311 e. The number of para-hydroxylation sites is 3. The molecule has 0 aliphatic heterocycles. The third kappa shape index (κ3) is 7.38. The van der Waals surface area contributed by atoms with Crippen LogP contribution in [0.1, 0.15) is 0 Å². The number of hydrogen-bond donors (Lipinski definition) is 0. The van der Waals surface area contributed by atoms with Crippen LogP contribution in [0.3, 0.4) is 0 Å². The van der Waals surface area contributed by atoms with Crippen molar-refractivity contribution >= 4 is 55.7 Å². The van der Waals surface area contributed by atoms with Crippen molar-refractivity contribution in [1.82, 2.24) is 0 Å². The standard InChI is InChI=1S/C62H44N2/c1-6-18-48(19-7-1)61-57-28-16-17-29-58(57)62(49-20-8-2-9-21-49)60-44-50(36-43-59(60)61)47-32-30-45(31-33-47)46-34-37-54(38-35-46)64(53-26-14-5-15-27-53)56-41-39-55(40-42-56)63(51-22-10-3-11-23-51)52-24-12-4-13-25-52/h1-44H. The minimum Gasteiger partial charge on any atom is -0.311 e. The van der Waals surface area contributed by atoms with Gasteiger partial charge in [-0.3, -0.25) is 0 Å². The number of rotatable bonds is 10. The van der Waals surface area contributed by atoms with Crippen LogP contribution in [-0.4, -0.2) is 0 Å². The van der Waals surface area contributed by atoms with Crippen molar-refractivity contribution in [3.05, 3.63) is 267 Å². The van der Waals surface area contributed by atoms with Crippen LogP contribution in [-0.2, 0) is 0 Å². The maximum atomic E-state index is 2.39. The van der Waals surface area contributed by atoms with Crippen molar-refractivity contribution in [1.29, 1.82) is 0 Å². The topological polar surface area (TPSA) is 6.48 Å². The van der Waals surface area contributed by atoms with Crippen LogP contribution in [0.5, 0.6) is 0 Å². The fourth-order valence-electron chi connectivity index (χ4n) is 9.22. The molecule has 0 aromatic heterocycles. The van der Waals surface area contributed by atoms with E-state index in [9.17, 15) is 0 Å². The fraction of sp³-hybridized carbons (Fsp3) is 0. The lowest BCUT2D eigenvalue weighted by atomic mass is 9.85. The van der Waals surface area contributed by atoms with Gasteiger partial charge >= 0.3 is 0 Å². The summed E-state index contributed by atoms with van der Waals surface area (Å²) < 4.78 is 0. The molecule has 0 amide bonds. The molecular formula is C62H44N2. The second kappa shape index (κ2) is 17.1. The van der Waals surface area contributed by atoms with Crippen LogP contribution >= 0.6 is 0 Å². The fourth-order valence-corrected chi connectivity index (χ4v) is 9.22. The first-order valence-electron chi connectivity index (χ1n) is 21.9. The average Bonchev–Trinajstić information content (AvgIpc) is 3.38. The van der Waals surface area contributed by atoms with Crippen molar-refractivity contribution in [2.45, 2.75) is 0 Å². The molecule has 11 aromatic rings. The van der Waals surface area contributed by atoms with E-state index in [0.717, 1.165) is 34.1 Å². The molecule has 0 unspecified atom stereocenters. The molecule has 0 heterocycles. The average molecular weight is 817 g/mol. The quantitative estimate of drug-likeness (QED) is 0.127. The second-order valence-electron chi connectivity index (χ2n) is 16.1. The third-order valence-electron chi connectivity index (χ3n) is 12.2. The van der Waals surface area contributed by atoms with Gasteiger partial charge in [-0.2, -0.15) is 0 Å². The molecule has 0 radical (unpaired) electrons. The van der Waals surface area contributed by atoms with Gasteiger partial charge in [0.2, 0.25) is 0 Å².